The molecule has 0 saturated carbocycles. The Balaban J connectivity index is 2.08. The van der Waals surface area contributed by atoms with E-state index in [1.807, 2.05) is 13.0 Å². The second-order valence-electron chi connectivity index (χ2n) is 6.75. The normalized spacial score (nSPS) is 11.3. The molecule has 27 heavy (non-hydrogen) atoms. The van der Waals surface area contributed by atoms with Gasteiger partial charge in [0.2, 0.25) is 5.88 Å². The number of anilines is 1. The first-order valence-electron chi connectivity index (χ1n) is 9.46. The highest BCUT2D eigenvalue weighted by molar-refractivity contribution is 5.87. The molecule has 0 radical (unpaired) electrons. The van der Waals surface area contributed by atoms with Gasteiger partial charge in [-0.25, -0.2) is 19.3 Å². The number of nitrogens with one attached hydrogen (secondary N) is 2. The molecule has 3 aromatic heterocycles. The maximum Gasteiger partial charge on any atom is 0.332 e. The highest BCUT2D eigenvalue weighted by Gasteiger charge is 2.17. The van der Waals surface area contributed by atoms with Crippen LogP contribution in [0.2, 0.25) is 0 Å². The minimum atomic E-state index is -0.236. The van der Waals surface area contributed by atoms with Crippen molar-refractivity contribution in [2.45, 2.75) is 52.5 Å². The Bertz CT molecular complexity index is 953. The number of rotatable bonds is 8. The summed E-state index contributed by atoms with van der Waals surface area (Å²) in [4.78, 5) is 24.4. The van der Waals surface area contributed by atoms with E-state index in [1.54, 1.807) is 30.0 Å². The smallest absolute Gasteiger partial charge is 0.332 e. The van der Waals surface area contributed by atoms with Crippen LogP contribution in [0.1, 0.15) is 45.2 Å². The summed E-state index contributed by atoms with van der Waals surface area (Å²) in [5, 5.41) is 3.62. The van der Waals surface area contributed by atoms with Crippen LogP contribution in [0.5, 0.6) is 5.88 Å². The molecule has 0 aromatic carbocycles. The van der Waals surface area contributed by atoms with Gasteiger partial charge >= 0.3 is 5.69 Å². The summed E-state index contributed by atoms with van der Waals surface area (Å²) in [6.07, 6.45) is 6.01. The summed E-state index contributed by atoms with van der Waals surface area (Å²) >= 11 is 0. The molecule has 0 aliphatic heterocycles. The molecule has 2 N–H and O–H groups in total. The maximum absolute atomic E-state index is 12.7. The molecule has 0 atom stereocenters. The van der Waals surface area contributed by atoms with Crippen molar-refractivity contribution in [3.8, 4) is 11.6 Å². The summed E-state index contributed by atoms with van der Waals surface area (Å²) in [5.74, 6) is 0.500. The number of hydrogen-bond donors (Lipinski definition) is 2. The number of pyridine rings is 2. The Morgan fingerprint density at radius 3 is 2.59 bits per heavy atom. The van der Waals surface area contributed by atoms with Crippen molar-refractivity contribution in [3.05, 3.63) is 40.6 Å². The number of imidazole rings is 1. The Kier molecular flexibility index (Phi) is 5.78. The summed E-state index contributed by atoms with van der Waals surface area (Å²) in [6, 6.07) is 5.90. The van der Waals surface area contributed by atoms with Crippen molar-refractivity contribution in [1.29, 1.82) is 0 Å². The molecule has 0 aliphatic rings. The minimum Gasteiger partial charge on any atom is -0.481 e. The number of nitrogens with zero attached hydrogens (tertiary/aromatic N) is 3. The summed E-state index contributed by atoms with van der Waals surface area (Å²) < 4.78 is 6.65. The van der Waals surface area contributed by atoms with Crippen molar-refractivity contribution in [2.75, 3.05) is 12.4 Å². The van der Waals surface area contributed by atoms with Gasteiger partial charge in [-0.05, 0) is 31.9 Å². The first kappa shape index (κ1) is 18.9. The van der Waals surface area contributed by atoms with Gasteiger partial charge < -0.3 is 15.0 Å². The molecule has 3 rings (SSSR count). The molecule has 7 nitrogen and oxygen atoms in total. The summed E-state index contributed by atoms with van der Waals surface area (Å²) in [5.41, 5.74) is 3.50. The zero-order chi connectivity index (χ0) is 19.4. The highest BCUT2D eigenvalue weighted by atomic mass is 16.5. The topological polar surface area (TPSA) is 84.8 Å². The van der Waals surface area contributed by atoms with E-state index in [1.165, 1.54) is 0 Å². The van der Waals surface area contributed by atoms with Crippen LogP contribution >= 0.6 is 0 Å². The van der Waals surface area contributed by atoms with Gasteiger partial charge in [0.15, 0.2) is 5.65 Å². The fourth-order valence-corrected chi connectivity index (χ4v) is 3.39. The monoisotopic (exact) mass is 369 g/mol. The standard InChI is InChI=1S/C20H27N5O2/c1-5-7-14(8-6-2)23-16-11-13(3)22-19-18(16)24-20(26)25(19)15-9-10-17(27-4)21-12-15/h9-12,14H,5-8H2,1-4H3,(H,22,23)(H,24,26). The van der Waals surface area contributed by atoms with Crippen LogP contribution < -0.4 is 15.7 Å². The zero-order valence-corrected chi connectivity index (χ0v) is 16.4. The second-order valence-corrected chi connectivity index (χ2v) is 6.75. The first-order chi connectivity index (χ1) is 13.1. The number of ether oxygens (including phenoxy) is 1. The van der Waals surface area contributed by atoms with E-state index < -0.39 is 0 Å². The third-order valence-corrected chi connectivity index (χ3v) is 4.60. The number of H-pyrrole nitrogens is 1. The lowest BCUT2D eigenvalue weighted by Gasteiger charge is -2.19. The zero-order valence-electron chi connectivity index (χ0n) is 16.4. The van der Waals surface area contributed by atoms with Crippen molar-refractivity contribution >= 4 is 16.9 Å². The second kappa shape index (κ2) is 8.24. The van der Waals surface area contributed by atoms with Gasteiger partial charge in [-0.1, -0.05) is 26.7 Å². The SMILES string of the molecule is CCCC(CCC)Nc1cc(C)nc2c1[nH]c(=O)n2-c1ccc(OC)nc1. The van der Waals surface area contributed by atoms with Gasteiger partial charge in [0.1, 0.15) is 5.52 Å². The average molecular weight is 369 g/mol. The van der Waals surface area contributed by atoms with Crippen molar-refractivity contribution in [2.24, 2.45) is 0 Å². The molecule has 0 aliphatic carbocycles. The van der Waals surface area contributed by atoms with E-state index in [0.29, 0.717) is 23.3 Å². The van der Waals surface area contributed by atoms with Crippen molar-refractivity contribution in [3.63, 3.8) is 0 Å². The van der Waals surface area contributed by atoms with E-state index in [0.717, 1.165) is 42.6 Å². The Hall–Kier alpha value is -2.83. The van der Waals surface area contributed by atoms with E-state index in [2.05, 4.69) is 34.1 Å². The molecule has 0 spiro atoms. The predicted molar refractivity (Wildman–Crippen MR) is 108 cm³/mol. The maximum atomic E-state index is 12.7. The molecule has 3 heterocycles. The van der Waals surface area contributed by atoms with Crippen LogP contribution in [-0.4, -0.2) is 32.7 Å². The van der Waals surface area contributed by atoms with Crippen molar-refractivity contribution in [1.82, 2.24) is 19.5 Å². The molecule has 0 saturated heterocycles. The Morgan fingerprint density at radius 2 is 2.00 bits per heavy atom. The molecule has 0 fully saturated rings. The van der Waals surface area contributed by atoms with Gasteiger partial charge in [-0.3, -0.25) is 0 Å². The van der Waals surface area contributed by atoms with Crippen molar-refractivity contribution < 1.29 is 4.74 Å². The molecular weight excluding hydrogens is 342 g/mol. The summed E-state index contributed by atoms with van der Waals surface area (Å²) in [6.45, 7) is 6.31. The third-order valence-electron chi connectivity index (χ3n) is 4.60. The van der Waals surface area contributed by atoms with E-state index in [-0.39, 0.29) is 5.69 Å². The third kappa shape index (κ3) is 3.97. The van der Waals surface area contributed by atoms with Gasteiger partial charge in [-0.15, -0.1) is 0 Å². The Morgan fingerprint density at radius 1 is 1.26 bits per heavy atom. The van der Waals surface area contributed by atoms with Crippen LogP contribution in [0.25, 0.3) is 16.9 Å². The quantitative estimate of drug-likeness (QED) is 0.631. The lowest BCUT2D eigenvalue weighted by Crippen LogP contribution is -2.19. The van der Waals surface area contributed by atoms with Crippen LogP contribution in [0.3, 0.4) is 0 Å². The highest BCUT2D eigenvalue weighted by Crippen LogP contribution is 2.25. The van der Waals surface area contributed by atoms with Gasteiger partial charge in [0, 0.05) is 17.8 Å². The van der Waals surface area contributed by atoms with Gasteiger partial charge in [0.05, 0.1) is 24.7 Å². The molecule has 0 amide bonds. The molecule has 0 bridgehead atoms. The molecule has 144 valence electrons. The lowest BCUT2D eigenvalue weighted by molar-refractivity contribution is 0.398. The molecular formula is C20H27N5O2. The lowest BCUT2D eigenvalue weighted by atomic mass is 10.1. The van der Waals surface area contributed by atoms with Crippen LogP contribution in [0, 0.1) is 6.92 Å². The number of aromatic amines is 1. The number of fused-ring (bicyclic) bond motifs is 1. The predicted octanol–water partition coefficient (Wildman–Crippen LogP) is 3.81. The van der Waals surface area contributed by atoms with E-state index >= 15 is 0 Å². The number of methoxy groups -OCH3 is 1. The summed E-state index contributed by atoms with van der Waals surface area (Å²) in [7, 11) is 1.56. The number of aryl methyl sites for hydroxylation is 1. The fraction of sp³-hybridized carbons (Fsp3) is 0.450. The molecule has 0 unspecified atom stereocenters. The van der Waals surface area contributed by atoms with E-state index in [4.69, 9.17) is 4.74 Å². The number of aromatic nitrogens is 4. The van der Waals surface area contributed by atoms with Crippen LogP contribution in [0.4, 0.5) is 5.69 Å². The molecule has 7 heteroatoms. The largest absolute Gasteiger partial charge is 0.481 e. The fourth-order valence-electron chi connectivity index (χ4n) is 3.39. The average Bonchev–Trinajstić information content (AvgIpc) is 2.98. The number of hydrogen-bond acceptors (Lipinski definition) is 5. The first-order valence-corrected chi connectivity index (χ1v) is 9.46. The minimum absolute atomic E-state index is 0.236. The van der Waals surface area contributed by atoms with Crippen LogP contribution in [-0.2, 0) is 0 Å². The van der Waals surface area contributed by atoms with Gasteiger partial charge in [-0.2, -0.15) is 0 Å². The Labute approximate surface area is 158 Å². The van der Waals surface area contributed by atoms with Gasteiger partial charge in [0.25, 0.3) is 0 Å². The molecule has 3 aromatic rings. The van der Waals surface area contributed by atoms with Crippen LogP contribution in [0.15, 0.2) is 29.2 Å². The van der Waals surface area contributed by atoms with E-state index in [9.17, 15) is 4.79 Å².